The first kappa shape index (κ1) is 25.2. The summed E-state index contributed by atoms with van der Waals surface area (Å²) >= 11 is 0. The second-order valence-electron chi connectivity index (χ2n) is 12.1. The summed E-state index contributed by atoms with van der Waals surface area (Å²) in [5.41, 5.74) is 10.3. The fourth-order valence-electron chi connectivity index (χ4n) is 7.16. The standard InChI is InChI=1S/C44H26O2/c1-3-10-29-22-31(18-16-27(29)8-1)33-24-34(32-19-17-28-9-2-4-11-30(28)23-32)26-35(25-33)36-13-7-15-41-42(36)39-21-20-38-37-12-5-6-14-40(37)45-43(38)44(39)46-41/h1-26H. The molecule has 2 nitrogen and oxygen atoms in total. The van der Waals surface area contributed by atoms with Crippen LogP contribution in [-0.4, -0.2) is 0 Å². The SMILES string of the molecule is c1ccc2cc(-c3cc(-c4ccc5ccccc5c4)cc(-c4cccc5oc6c(ccc7c8ccccc8oc76)c45)c3)ccc2c1. The molecular formula is C44H26O2. The number of furan rings is 2. The van der Waals surface area contributed by atoms with Crippen LogP contribution in [0.4, 0.5) is 0 Å². The lowest BCUT2D eigenvalue weighted by atomic mass is 9.90. The Balaban J connectivity index is 1.24. The smallest absolute Gasteiger partial charge is 0.178 e. The number of rotatable bonds is 3. The quantitative estimate of drug-likeness (QED) is 0.206. The van der Waals surface area contributed by atoms with Gasteiger partial charge in [-0.15, -0.1) is 0 Å². The van der Waals surface area contributed by atoms with Crippen LogP contribution < -0.4 is 0 Å². The molecule has 0 N–H and O–H groups in total. The van der Waals surface area contributed by atoms with Gasteiger partial charge >= 0.3 is 0 Å². The van der Waals surface area contributed by atoms with Crippen molar-refractivity contribution in [2.75, 3.05) is 0 Å². The lowest BCUT2D eigenvalue weighted by Gasteiger charge is -2.13. The highest BCUT2D eigenvalue weighted by Gasteiger charge is 2.19. The van der Waals surface area contributed by atoms with E-state index in [0.29, 0.717) is 0 Å². The predicted molar refractivity (Wildman–Crippen MR) is 192 cm³/mol. The van der Waals surface area contributed by atoms with Gasteiger partial charge in [-0.1, -0.05) is 103 Å². The largest absolute Gasteiger partial charge is 0.452 e. The van der Waals surface area contributed by atoms with Crippen LogP contribution in [0.25, 0.3) is 98.8 Å². The molecular weight excluding hydrogens is 560 g/mol. The molecule has 0 aliphatic rings. The van der Waals surface area contributed by atoms with Crippen molar-refractivity contribution in [1.29, 1.82) is 0 Å². The van der Waals surface area contributed by atoms with Crippen LogP contribution in [0, 0.1) is 0 Å². The van der Waals surface area contributed by atoms with E-state index in [2.05, 4.69) is 140 Å². The van der Waals surface area contributed by atoms with Gasteiger partial charge in [-0.05, 0) is 110 Å². The highest BCUT2D eigenvalue weighted by atomic mass is 16.4. The van der Waals surface area contributed by atoms with Crippen molar-refractivity contribution in [3.05, 3.63) is 158 Å². The van der Waals surface area contributed by atoms with E-state index in [1.807, 2.05) is 18.2 Å². The third-order valence-electron chi connectivity index (χ3n) is 9.42. The molecule has 0 aliphatic heterocycles. The van der Waals surface area contributed by atoms with Crippen molar-refractivity contribution >= 4 is 65.4 Å². The van der Waals surface area contributed by atoms with Crippen LogP contribution >= 0.6 is 0 Å². The van der Waals surface area contributed by atoms with E-state index >= 15 is 0 Å². The van der Waals surface area contributed by atoms with Gasteiger partial charge in [-0.2, -0.15) is 0 Å². The van der Waals surface area contributed by atoms with Gasteiger partial charge in [0.05, 0.1) is 0 Å². The summed E-state index contributed by atoms with van der Waals surface area (Å²) in [6.45, 7) is 0. The maximum Gasteiger partial charge on any atom is 0.178 e. The minimum absolute atomic E-state index is 0.789. The number of benzene rings is 8. The maximum absolute atomic E-state index is 6.59. The van der Waals surface area contributed by atoms with Crippen LogP contribution in [0.3, 0.4) is 0 Å². The molecule has 2 heterocycles. The molecule has 0 aliphatic carbocycles. The first-order chi connectivity index (χ1) is 22.8. The van der Waals surface area contributed by atoms with Gasteiger partial charge in [0.15, 0.2) is 11.2 Å². The molecule has 46 heavy (non-hydrogen) atoms. The Hall–Kier alpha value is -6.12. The van der Waals surface area contributed by atoms with Crippen LogP contribution in [0.15, 0.2) is 167 Å². The lowest BCUT2D eigenvalue weighted by Crippen LogP contribution is -1.88. The van der Waals surface area contributed by atoms with Crippen LogP contribution in [-0.2, 0) is 0 Å². The number of hydrogen-bond acceptors (Lipinski definition) is 2. The van der Waals surface area contributed by atoms with Gasteiger partial charge < -0.3 is 8.83 Å². The molecule has 0 saturated carbocycles. The summed E-state index contributed by atoms with van der Waals surface area (Å²) in [5.74, 6) is 0. The summed E-state index contributed by atoms with van der Waals surface area (Å²) in [5, 5.41) is 9.27. The third kappa shape index (κ3) is 3.84. The molecule has 0 unspecified atom stereocenters. The Morgan fingerprint density at radius 3 is 1.57 bits per heavy atom. The Morgan fingerprint density at radius 1 is 0.304 bits per heavy atom. The molecule has 2 aromatic heterocycles. The Kier molecular flexibility index (Phi) is 5.31. The van der Waals surface area contributed by atoms with E-state index in [1.165, 1.54) is 43.8 Å². The summed E-state index contributed by atoms with van der Waals surface area (Å²) < 4.78 is 13.0. The molecule has 0 atom stereocenters. The molecule has 0 amide bonds. The van der Waals surface area contributed by atoms with Gasteiger partial charge in [0.1, 0.15) is 11.2 Å². The molecule has 2 heteroatoms. The number of fused-ring (bicyclic) bond motifs is 9. The normalized spacial score (nSPS) is 11.9. The van der Waals surface area contributed by atoms with Crippen molar-refractivity contribution in [2.24, 2.45) is 0 Å². The van der Waals surface area contributed by atoms with Gasteiger partial charge in [0, 0.05) is 21.5 Å². The molecule has 8 aromatic carbocycles. The van der Waals surface area contributed by atoms with Crippen molar-refractivity contribution in [2.45, 2.75) is 0 Å². The first-order valence-electron chi connectivity index (χ1n) is 15.7. The second kappa shape index (κ2) is 9.69. The van der Waals surface area contributed by atoms with Gasteiger partial charge in [-0.3, -0.25) is 0 Å². The number of hydrogen-bond donors (Lipinski definition) is 0. The summed E-state index contributed by atoms with van der Waals surface area (Å²) in [7, 11) is 0. The molecule has 0 saturated heterocycles. The molecule has 0 radical (unpaired) electrons. The zero-order valence-corrected chi connectivity index (χ0v) is 24.8. The third-order valence-corrected chi connectivity index (χ3v) is 9.42. The van der Waals surface area contributed by atoms with Crippen molar-refractivity contribution in [3.8, 4) is 33.4 Å². The Bertz CT molecular complexity index is 2710. The van der Waals surface area contributed by atoms with E-state index in [0.717, 1.165) is 55.0 Å². The molecule has 10 aromatic rings. The molecule has 0 spiro atoms. The van der Waals surface area contributed by atoms with Gasteiger partial charge in [-0.25, -0.2) is 0 Å². The minimum atomic E-state index is 0.789. The summed E-state index contributed by atoms with van der Waals surface area (Å²) in [6.07, 6.45) is 0. The molecule has 0 bridgehead atoms. The summed E-state index contributed by atoms with van der Waals surface area (Å²) in [4.78, 5) is 0. The second-order valence-corrected chi connectivity index (χ2v) is 12.1. The molecule has 214 valence electrons. The van der Waals surface area contributed by atoms with E-state index in [1.54, 1.807) is 0 Å². The van der Waals surface area contributed by atoms with Gasteiger partial charge in [0.25, 0.3) is 0 Å². The fourth-order valence-corrected chi connectivity index (χ4v) is 7.16. The molecule has 10 rings (SSSR count). The minimum Gasteiger partial charge on any atom is -0.452 e. The highest BCUT2D eigenvalue weighted by molar-refractivity contribution is 6.21. The van der Waals surface area contributed by atoms with E-state index in [4.69, 9.17) is 8.83 Å². The zero-order chi connectivity index (χ0) is 30.2. The monoisotopic (exact) mass is 586 g/mol. The summed E-state index contributed by atoms with van der Waals surface area (Å²) in [6, 6.07) is 56.5. The Labute approximate surface area is 264 Å². The van der Waals surface area contributed by atoms with Gasteiger partial charge in [0.2, 0.25) is 0 Å². The molecule has 0 fully saturated rings. The van der Waals surface area contributed by atoms with Crippen molar-refractivity contribution in [1.82, 2.24) is 0 Å². The average molecular weight is 587 g/mol. The number of para-hydroxylation sites is 1. The predicted octanol–water partition coefficient (Wildman–Crippen LogP) is 12.8. The average Bonchev–Trinajstić information content (AvgIpc) is 3.70. The lowest BCUT2D eigenvalue weighted by molar-refractivity contribution is 0.633. The fraction of sp³-hybridized carbons (Fsp3) is 0. The maximum atomic E-state index is 6.59. The van der Waals surface area contributed by atoms with Crippen LogP contribution in [0.5, 0.6) is 0 Å². The topological polar surface area (TPSA) is 26.3 Å². The van der Waals surface area contributed by atoms with E-state index in [-0.39, 0.29) is 0 Å². The van der Waals surface area contributed by atoms with Crippen molar-refractivity contribution in [3.63, 3.8) is 0 Å². The Morgan fingerprint density at radius 2 is 0.848 bits per heavy atom. The van der Waals surface area contributed by atoms with Crippen LogP contribution in [0.1, 0.15) is 0 Å². The zero-order valence-electron chi connectivity index (χ0n) is 24.8. The van der Waals surface area contributed by atoms with Crippen molar-refractivity contribution < 1.29 is 8.83 Å². The van der Waals surface area contributed by atoms with E-state index < -0.39 is 0 Å². The van der Waals surface area contributed by atoms with E-state index in [9.17, 15) is 0 Å². The highest BCUT2D eigenvalue weighted by Crippen LogP contribution is 2.43. The van der Waals surface area contributed by atoms with Crippen LogP contribution in [0.2, 0.25) is 0 Å². The first-order valence-corrected chi connectivity index (χ1v) is 15.7.